The molecule has 258 valence electrons. The summed E-state index contributed by atoms with van der Waals surface area (Å²) >= 11 is 0. The maximum absolute atomic E-state index is 12.0. The predicted octanol–water partition coefficient (Wildman–Crippen LogP) is 9.47. The minimum Gasteiger partial charge on any atom is -0.462 e. The molecule has 3 rings (SSSR count). The number of carbonyl (C=O) groups excluding carboxylic acids is 1. The second-order valence-electron chi connectivity index (χ2n) is 14.3. The van der Waals surface area contributed by atoms with E-state index in [9.17, 15) is 9.90 Å². The smallest absolute Gasteiger partial charge is 0.302 e. The number of allylic oxidation sites excluding steroid dienone is 4. The van der Waals surface area contributed by atoms with Gasteiger partial charge >= 0.3 is 5.97 Å². The van der Waals surface area contributed by atoms with Crippen LogP contribution in [0.1, 0.15) is 112 Å². The van der Waals surface area contributed by atoms with E-state index in [1.807, 2.05) is 0 Å². The Hall–Kier alpha value is -2.73. The zero-order valence-electron chi connectivity index (χ0n) is 29.9. The summed E-state index contributed by atoms with van der Waals surface area (Å²) in [6.45, 7) is 11.0. The molecule has 1 aliphatic rings. The molecule has 1 saturated carbocycles. The van der Waals surface area contributed by atoms with E-state index in [0.717, 1.165) is 44.9 Å². The average Bonchev–Trinajstić information content (AvgIpc) is 3.06. The molecule has 4 atom stereocenters. The van der Waals surface area contributed by atoms with Crippen molar-refractivity contribution in [2.75, 3.05) is 6.61 Å². The molecule has 0 amide bonds. The van der Waals surface area contributed by atoms with Crippen LogP contribution in [-0.4, -0.2) is 38.2 Å². The Morgan fingerprint density at radius 1 is 0.915 bits per heavy atom. The lowest BCUT2D eigenvalue weighted by Gasteiger charge is -2.44. The lowest BCUT2D eigenvalue weighted by atomic mass is 9.75. The molecule has 2 unspecified atom stereocenters. The Morgan fingerprint density at radius 3 is 2.17 bits per heavy atom. The summed E-state index contributed by atoms with van der Waals surface area (Å²) in [6.07, 6.45) is 26.1. The highest BCUT2D eigenvalue weighted by Gasteiger charge is 2.51. The Kier molecular flexibility index (Phi) is 17.0. The third-order valence-corrected chi connectivity index (χ3v) is 14.7. The fourth-order valence-corrected chi connectivity index (χ4v) is 11.9. The average molecular weight is 659 g/mol. The van der Waals surface area contributed by atoms with Crippen LogP contribution in [0.4, 0.5) is 0 Å². The van der Waals surface area contributed by atoms with Crippen LogP contribution in [-0.2, 0) is 14.0 Å². The van der Waals surface area contributed by atoms with Crippen molar-refractivity contribution in [3.05, 3.63) is 97.1 Å². The van der Waals surface area contributed by atoms with Gasteiger partial charge in [-0.2, -0.15) is 0 Å². The second kappa shape index (κ2) is 20.6. The molecule has 5 heteroatoms. The van der Waals surface area contributed by atoms with Crippen LogP contribution in [0.5, 0.6) is 0 Å². The number of unbranched alkanes of at least 4 members (excludes halogenated alkanes) is 4. The molecule has 0 heterocycles. The Morgan fingerprint density at radius 2 is 1.57 bits per heavy atom. The molecule has 1 aliphatic carbocycles. The van der Waals surface area contributed by atoms with Crippen LogP contribution >= 0.6 is 0 Å². The summed E-state index contributed by atoms with van der Waals surface area (Å²) in [5.41, 5.74) is 0. The molecule has 2 aromatic carbocycles. The van der Waals surface area contributed by atoms with Crippen molar-refractivity contribution < 1.29 is 19.1 Å². The van der Waals surface area contributed by atoms with Crippen LogP contribution in [0.2, 0.25) is 5.04 Å². The van der Waals surface area contributed by atoms with Gasteiger partial charge in [0, 0.05) is 19.4 Å². The van der Waals surface area contributed by atoms with Gasteiger partial charge in [-0.1, -0.05) is 150 Å². The summed E-state index contributed by atoms with van der Waals surface area (Å²) in [5.74, 6) is 0.464. The summed E-state index contributed by atoms with van der Waals surface area (Å²) < 4.78 is 13.4. The number of aliphatic hydroxyl groups is 1. The normalized spacial score (nSPS) is 19.0. The Bertz CT molecular complexity index is 1190. The lowest BCUT2D eigenvalue weighted by molar-refractivity contribution is -0.151. The second-order valence-corrected chi connectivity index (χ2v) is 18.5. The first-order valence-corrected chi connectivity index (χ1v) is 20.2. The van der Waals surface area contributed by atoms with Crippen LogP contribution in [0.15, 0.2) is 97.1 Å². The summed E-state index contributed by atoms with van der Waals surface area (Å²) in [4.78, 5) is 12.0. The maximum Gasteiger partial charge on any atom is 0.302 e. The van der Waals surface area contributed by atoms with E-state index in [1.165, 1.54) is 49.4 Å². The molecule has 0 radical (unpaired) electrons. The van der Waals surface area contributed by atoms with E-state index in [0.29, 0.717) is 11.8 Å². The Labute approximate surface area is 287 Å². The molecule has 0 bridgehead atoms. The van der Waals surface area contributed by atoms with Crippen molar-refractivity contribution in [1.82, 2.24) is 0 Å². The molecular formula is C42H62O4Si. The van der Waals surface area contributed by atoms with Crippen LogP contribution in [0.25, 0.3) is 0 Å². The van der Waals surface area contributed by atoms with E-state index in [4.69, 9.17) is 9.16 Å². The molecule has 1 N–H and O–H groups in total. The predicted molar refractivity (Wildman–Crippen MR) is 201 cm³/mol. The quantitative estimate of drug-likeness (QED) is 0.0537. The highest BCUT2D eigenvalue weighted by molar-refractivity contribution is 6.99. The monoisotopic (exact) mass is 658 g/mol. The minimum atomic E-state index is -2.72. The van der Waals surface area contributed by atoms with Crippen molar-refractivity contribution in [2.24, 2.45) is 11.8 Å². The molecule has 0 aliphatic heterocycles. The number of aliphatic hydroxyl groups excluding tert-OH is 1. The SMILES string of the molecule is CCCCC/C=C\CC(/C=C/C=C/[C@H]1CCCC[C@H]1C(CCCCO)OC(C)=O)O[Si](c1ccccc1)(c1ccccc1)C(C)(C)C. The number of carbonyl (C=O) groups is 1. The van der Waals surface area contributed by atoms with Crippen LogP contribution in [0, 0.1) is 11.8 Å². The van der Waals surface area contributed by atoms with Gasteiger partial charge in [-0.3, -0.25) is 4.79 Å². The zero-order chi connectivity index (χ0) is 34.0. The van der Waals surface area contributed by atoms with Crippen LogP contribution in [0.3, 0.4) is 0 Å². The summed E-state index contributed by atoms with van der Waals surface area (Å²) in [7, 11) is -2.72. The fourth-order valence-electron chi connectivity index (χ4n) is 7.26. The van der Waals surface area contributed by atoms with Crippen molar-refractivity contribution in [1.29, 1.82) is 0 Å². The molecule has 0 saturated heterocycles. The first-order valence-electron chi connectivity index (χ1n) is 18.3. The largest absolute Gasteiger partial charge is 0.462 e. The van der Waals surface area contributed by atoms with Gasteiger partial charge in [0.15, 0.2) is 0 Å². The molecule has 1 fully saturated rings. The first kappa shape index (κ1) is 38.7. The fraction of sp³-hybridized carbons (Fsp3) is 0.548. The maximum atomic E-state index is 12.0. The van der Waals surface area contributed by atoms with Crippen LogP contribution < -0.4 is 10.4 Å². The summed E-state index contributed by atoms with van der Waals surface area (Å²) in [5, 5.41) is 11.8. The van der Waals surface area contributed by atoms with Crippen molar-refractivity contribution in [3.8, 4) is 0 Å². The highest BCUT2D eigenvalue weighted by Crippen LogP contribution is 2.39. The molecule has 0 spiro atoms. The van der Waals surface area contributed by atoms with Gasteiger partial charge in [0.25, 0.3) is 8.32 Å². The van der Waals surface area contributed by atoms with Crippen molar-refractivity contribution >= 4 is 24.7 Å². The van der Waals surface area contributed by atoms with Gasteiger partial charge in [-0.25, -0.2) is 0 Å². The number of hydrogen-bond donors (Lipinski definition) is 1. The topological polar surface area (TPSA) is 55.8 Å². The van der Waals surface area contributed by atoms with Gasteiger partial charge in [-0.05, 0) is 72.7 Å². The molecular weight excluding hydrogens is 597 g/mol. The minimum absolute atomic E-state index is 0.0807. The van der Waals surface area contributed by atoms with Gasteiger partial charge < -0.3 is 14.3 Å². The Balaban J connectivity index is 1.92. The molecule has 2 aromatic rings. The number of hydrogen-bond acceptors (Lipinski definition) is 4. The lowest BCUT2D eigenvalue weighted by Crippen LogP contribution is -2.67. The molecule has 47 heavy (non-hydrogen) atoms. The third-order valence-electron chi connectivity index (χ3n) is 9.62. The van der Waals surface area contributed by atoms with E-state index >= 15 is 0 Å². The first-order chi connectivity index (χ1) is 22.7. The summed E-state index contributed by atoms with van der Waals surface area (Å²) in [6, 6.07) is 21.8. The highest BCUT2D eigenvalue weighted by atomic mass is 28.4. The number of benzene rings is 2. The van der Waals surface area contributed by atoms with E-state index < -0.39 is 8.32 Å². The molecule has 4 nitrogen and oxygen atoms in total. The van der Waals surface area contributed by atoms with E-state index in [1.54, 1.807) is 0 Å². The van der Waals surface area contributed by atoms with Crippen molar-refractivity contribution in [3.63, 3.8) is 0 Å². The number of rotatable bonds is 19. The van der Waals surface area contributed by atoms with E-state index in [2.05, 4.69) is 125 Å². The van der Waals surface area contributed by atoms with Gasteiger partial charge in [-0.15, -0.1) is 0 Å². The standard InChI is InChI=1S/C42H62O4Si/c1-6-7-8-9-10-13-26-37(46-47(42(3,4)5,38-28-14-11-15-29-38)39-30-16-12-17-31-39)27-20-18-24-36-25-19-21-32-40(36)41(45-35(2)44)33-22-23-34-43/h10-18,20,24,27-31,36-37,40-41,43H,6-9,19,21-23,25-26,32-34H2,1-5H3/b13-10-,24-18+,27-20+/t36-,37?,40+,41?/m0/s1. The van der Waals surface area contributed by atoms with Gasteiger partial charge in [0.1, 0.15) is 6.10 Å². The zero-order valence-corrected chi connectivity index (χ0v) is 30.9. The molecule has 0 aromatic heterocycles. The van der Waals surface area contributed by atoms with Gasteiger partial charge in [0.05, 0.1) is 6.10 Å². The number of ether oxygens (including phenoxy) is 1. The van der Waals surface area contributed by atoms with Crippen molar-refractivity contribution in [2.45, 2.75) is 129 Å². The number of esters is 1. The van der Waals surface area contributed by atoms with E-state index in [-0.39, 0.29) is 29.8 Å². The van der Waals surface area contributed by atoms with Gasteiger partial charge in [0.2, 0.25) is 0 Å². The third kappa shape index (κ3) is 12.0.